The van der Waals surface area contributed by atoms with Crippen molar-refractivity contribution in [2.45, 2.75) is 37.6 Å². The van der Waals surface area contributed by atoms with Gasteiger partial charge in [-0.25, -0.2) is 4.68 Å². The van der Waals surface area contributed by atoms with Crippen molar-refractivity contribution in [1.29, 1.82) is 0 Å². The number of rotatable bonds is 4. The van der Waals surface area contributed by atoms with E-state index in [4.69, 9.17) is 0 Å². The minimum absolute atomic E-state index is 0.0227. The van der Waals surface area contributed by atoms with E-state index in [1.807, 2.05) is 0 Å². The summed E-state index contributed by atoms with van der Waals surface area (Å²) in [5, 5.41) is 19.2. The zero-order valence-corrected chi connectivity index (χ0v) is 17.0. The summed E-state index contributed by atoms with van der Waals surface area (Å²) in [4.78, 5) is 26.6. The second-order valence-corrected chi connectivity index (χ2v) is 7.88. The summed E-state index contributed by atoms with van der Waals surface area (Å²) in [5.41, 5.74) is -1.91. The molecule has 1 N–H and O–H groups in total. The first-order valence-electron chi connectivity index (χ1n) is 10.2. The number of aryl methyl sites for hydroxylation is 1. The highest BCUT2D eigenvalue weighted by molar-refractivity contribution is 5.77. The van der Waals surface area contributed by atoms with Crippen LogP contribution in [0.2, 0.25) is 0 Å². The maximum Gasteiger partial charge on any atom is 0.416 e. The maximum absolute atomic E-state index is 13.0. The van der Waals surface area contributed by atoms with Crippen molar-refractivity contribution in [3.05, 3.63) is 70.0 Å². The molecule has 1 saturated heterocycles. The number of carbonyl (C=O) groups excluding carboxylic acids is 1. The monoisotopic (exact) mass is 446 g/mol. The minimum atomic E-state index is -4.49. The zero-order chi connectivity index (χ0) is 22.9. The number of piperidine rings is 1. The number of nitrogens with zero attached hydrogens (tertiary/aromatic N) is 4. The molecule has 2 aromatic carbocycles. The number of halogens is 3. The summed E-state index contributed by atoms with van der Waals surface area (Å²) in [7, 11) is 0. The Morgan fingerprint density at radius 1 is 1.09 bits per heavy atom. The van der Waals surface area contributed by atoms with Crippen molar-refractivity contribution in [3.63, 3.8) is 0 Å². The lowest BCUT2D eigenvalue weighted by molar-refractivity contribution is -0.137. The number of hydrogen-bond acceptors (Lipinski definition) is 5. The van der Waals surface area contributed by atoms with Crippen molar-refractivity contribution in [2.24, 2.45) is 0 Å². The van der Waals surface area contributed by atoms with Crippen LogP contribution >= 0.6 is 0 Å². The second-order valence-electron chi connectivity index (χ2n) is 7.88. The molecule has 1 aliphatic rings. The largest absolute Gasteiger partial charge is 0.416 e. The van der Waals surface area contributed by atoms with Gasteiger partial charge in [-0.2, -0.15) is 13.2 Å². The van der Waals surface area contributed by atoms with Crippen LogP contribution in [-0.4, -0.2) is 44.0 Å². The summed E-state index contributed by atoms with van der Waals surface area (Å²) in [6.07, 6.45) is -4.23. The van der Waals surface area contributed by atoms with Gasteiger partial charge in [0.05, 0.1) is 23.1 Å². The van der Waals surface area contributed by atoms with Gasteiger partial charge >= 0.3 is 6.18 Å². The fourth-order valence-electron chi connectivity index (χ4n) is 3.93. The smallest absolute Gasteiger partial charge is 0.385 e. The summed E-state index contributed by atoms with van der Waals surface area (Å²) < 4.78 is 40.1. The molecular formula is C22H21F3N4O3. The highest BCUT2D eigenvalue weighted by atomic mass is 19.4. The molecule has 0 saturated carbocycles. The van der Waals surface area contributed by atoms with Gasteiger partial charge in [0.2, 0.25) is 5.91 Å². The molecule has 0 radical (unpaired) electrons. The zero-order valence-electron chi connectivity index (χ0n) is 17.0. The number of likely N-dealkylation sites (tertiary alicyclic amines) is 1. The number of benzene rings is 2. The first-order valence-corrected chi connectivity index (χ1v) is 10.2. The van der Waals surface area contributed by atoms with Crippen molar-refractivity contribution in [3.8, 4) is 0 Å². The molecule has 0 spiro atoms. The maximum atomic E-state index is 13.0. The predicted molar refractivity (Wildman–Crippen MR) is 110 cm³/mol. The first kappa shape index (κ1) is 21.9. The molecule has 0 bridgehead atoms. The Kier molecular flexibility index (Phi) is 5.72. The van der Waals surface area contributed by atoms with E-state index in [2.05, 4.69) is 10.3 Å². The molecule has 0 atom stereocenters. The van der Waals surface area contributed by atoms with Crippen LogP contribution in [0.15, 0.2) is 53.3 Å². The number of aromatic nitrogens is 3. The third kappa shape index (κ3) is 4.36. The first-order chi connectivity index (χ1) is 15.2. The highest BCUT2D eigenvalue weighted by Crippen LogP contribution is 2.36. The van der Waals surface area contributed by atoms with E-state index in [-0.39, 0.29) is 55.9 Å². The van der Waals surface area contributed by atoms with Gasteiger partial charge in [0.15, 0.2) is 0 Å². The van der Waals surface area contributed by atoms with E-state index in [1.54, 1.807) is 29.2 Å². The van der Waals surface area contributed by atoms with Crippen LogP contribution in [0, 0.1) is 0 Å². The average Bonchev–Trinajstić information content (AvgIpc) is 2.79. The van der Waals surface area contributed by atoms with Crippen LogP contribution in [0.25, 0.3) is 10.9 Å². The molecule has 1 fully saturated rings. The topological polar surface area (TPSA) is 88.3 Å². The van der Waals surface area contributed by atoms with Crippen molar-refractivity contribution in [1.82, 2.24) is 19.9 Å². The highest BCUT2D eigenvalue weighted by Gasteiger charge is 2.37. The Hall–Kier alpha value is -3.27. The third-order valence-electron chi connectivity index (χ3n) is 5.84. The molecule has 10 heteroatoms. The Morgan fingerprint density at radius 3 is 2.53 bits per heavy atom. The van der Waals surface area contributed by atoms with Crippen molar-refractivity contribution in [2.75, 3.05) is 13.1 Å². The van der Waals surface area contributed by atoms with E-state index >= 15 is 0 Å². The van der Waals surface area contributed by atoms with Crippen LogP contribution in [-0.2, 0) is 23.1 Å². The van der Waals surface area contributed by atoms with E-state index < -0.39 is 17.3 Å². The average molecular weight is 446 g/mol. The predicted octanol–water partition coefficient (Wildman–Crippen LogP) is 2.71. The van der Waals surface area contributed by atoms with Gasteiger partial charge < -0.3 is 10.0 Å². The van der Waals surface area contributed by atoms with E-state index in [0.29, 0.717) is 10.9 Å². The lowest BCUT2D eigenvalue weighted by Crippen LogP contribution is -2.45. The van der Waals surface area contributed by atoms with E-state index in [0.717, 1.165) is 16.8 Å². The molecule has 1 amide bonds. The number of aliphatic hydroxyl groups is 1. The van der Waals surface area contributed by atoms with Crippen molar-refractivity contribution >= 4 is 16.8 Å². The van der Waals surface area contributed by atoms with Crippen LogP contribution in [0.5, 0.6) is 0 Å². The second kappa shape index (κ2) is 8.34. The van der Waals surface area contributed by atoms with Gasteiger partial charge in [0.25, 0.3) is 5.56 Å². The van der Waals surface area contributed by atoms with Crippen LogP contribution in [0.3, 0.4) is 0 Å². The number of amides is 1. The summed E-state index contributed by atoms with van der Waals surface area (Å²) >= 11 is 0. The normalized spacial score (nSPS) is 16.3. The van der Waals surface area contributed by atoms with Crippen LogP contribution in [0.1, 0.15) is 30.4 Å². The Labute approximate surface area is 181 Å². The molecule has 0 unspecified atom stereocenters. The minimum Gasteiger partial charge on any atom is -0.385 e. The molecular weight excluding hydrogens is 425 g/mol. The Bertz CT molecular complexity index is 1200. The summed E-state index contributed by atoms with van der Waals surface area (Å²) in [6.45, 7) is 0.456. The quantitative estimate of drug-likeness (QED) is 0.666. The molecule has 4 rings (SSSR count). The lowest BCUT2D eigenvalue weighted by Gasteiger charge is -2.38. The molecule has 168 valence electrons. The SMILES string of the molecule is O=C(CCn1nnc2ccccc2c1=O)N1CCC(O)(c2cccc(C(F)(F)F)c2)CC1. The summed E-state index contributed by atoms with van der Waals surface area (Å²) in [5.74, 6) is -0.224. The standard InChI is InChI=1S/C22H21F3N4O3/c23-22(24,25)16-5-3-4-15(14-16)21(32)9-12-28(13-10-21)19(30)8-11-29-20(31)17-6-1-2-7-18(17)26-27-29/h1-7,14,32H,8-13H2. The molecule has 32 heavy (non-hydrogen) atoms. The fraction of sp³-hybridized carbons (Fsp3) is 0.364. The Balaban J connectivity index is 1.39. The lowest BCUT2D eigenvalue weighted by atomic mass is 9.83. The fourth-order valence-corrected chi connectivity index (χ4v) is 3.93. The number of carbonyl (C=O) groups is 1. The molecule has 3 aromatic rings. The number of alkyl halides is 3. The molecule has 0 aliphatic carbocycles. The van der Waals surface area contributed by atoms with Crippen molar-refractivity contribution < 1.29 is 23.1 Å². The third-order valence-corrected chi connectivity index (χ3v) is 5.84. The van der Waals surface area contributed by atoms with E-state index in [1.165, 1.54) is 12.1 Å². The van der Waals surface area contributed by atoms with Gasteiger partial charge in [-0.3, -0.25) is 9.59 Å². The number of hydrogen-bond donors (Lipinski definition) is 1. The van der Waals surface area contributed by atoms with Gasteiger partial charge in [0.1, 0.15) is 5.52 Å². The number of fused-ring (bicyclic) bond motifs is 1. The van der Waals surface area contributed by atoms with Gasteiger partial charge in [-0.05, 0) is 42.7 Å². The van der Waals surface area contributed by atoms with Crippen LogP contribution < -0.4 is 5.56 Å². The summed E-state index contributed by atoms with van der Waals surface area (Å²) in [6, 6.07) is 11.5. The van der Waals surface area contributed by atoms with Crippen LogP contribution in [0.4, 0.5) is 13.2 Å². The Morgan fingerprint density at radius 2 is 1.81 bits per heavy atom. The van der Waals surface area contributed by atoms with Gasteiger partial charge in [0, 0.05) is 19.5 Å². The van der Waals surface area contributed by atoms with Gasteiger partial charge in [-0.1, -0.05) is 29.5 Å². The molecule has 2 heterocycles. The van der Waals surface area contributed by atoms with Gasteiger partial charge in [-0.15, -0.1) is 5.10 Å². The van der Waals surface area contributed by atoms with E-state index in [9.17, 15) is 27.9 Å². The molecule has 1 aliphatic heterocycles. The molecule has 1 aromatic heterocycles. The molecule has 7 nitrogen and oxygen atoms in total.